The maximum absolute atomic E-state index is 10.4. The van der Waals surface area contributed by atoms with Crippen LogP contribution in [0.1, 0.15) is 23.2 Å². The van der Waals surface area contributed by atoms with Gasteiger partial charge in [-0.25, -0.2) is 0 Å². The minimum atomic E-state index is 0.456. The summed E-state index contributed by atoms with van der Waals surface area (Å²) >= 11 is 0. The summed E-state index contributed by atoms with van der Waals surface area (Å²) < 4.78 is 0. The van der Waals surface area contributed by atoms with Gasteiger partial charge in [0.05, 0.1) is 0 Å². The van der Waals surface area contributed by atoms with E-state index in [0.717, 1.165) is 30.4 Å². The zero-order chi connectivity index (χ0) is 9.80. The Balaban J connectivity index is 2.02. The van der Waals surface area contributed by atoms with Gasteiger partial charge in [0.1, 0.15) is 6.29 Å². The van der Waals surface area contributed by atoms with Crippen molar-refractivity contribution in [2.75, 3.05) is 5.32 Å². The number of hydrogen-bond acceptors (Lipinski definition) is 2. The average Bonchev–Trinajstić information content (AvgIpc) is 2.72. The Hall–Kier alpha value is -1.57. The molecule has 0 amide bonds. The summed E-state index contributed by atoms with van der Waals surface area (Å²) in [6, 6.07) is 7.99. The number of rotatable bonds is 3. The molecule has 0 bridgehead atoms. The lowest BCUT2D eigenvalue weighted by molar-refractivity contribution is 0.112. The summed E-state index contributed by atoms with van der Waals surface area (Å²) in [5.41, 5.74) is 1.80. The van der Waals surface area contributed by atoms with Crippen molar-refractivity contribution in [3.63, 3.8) is 0 Å². The molecule has 0 saturated heterocycles. The van der Waals surface area contributed by atoms with Crippen molar-refractivity contribution in [2.45, 2.75) is 18.9 Å². The van der Waals surface area contributed by atoms with Gasteiger partial charge in [0, 0.05) is 17.3 Å². The SMILES string of the molecule is O=Cc1ccc(NC2C=CCC2)cc1. The van der Waals surface area contributed by atoms with Gasteiger partial charge in [-0.1, -0.05) is 12.2 Å². The summed E-state index contributed by atoms with van der Waals surface area (Å²) in [4.78, 5) is 10.4. The predicted octanol–water partition coefficient (Wildman–Crippen LogP) is 2.63. The summed E-state index contributed by atoms with van der Waals surface area (Å²) in [7, 11) is 0. The smallest absolute Gasteiger partial charge is 0.150 e. The second-order valence-electron chi connectivity index (χ2n) is 3.50. The van der Waals surface area contributed by atoms with Crippen molar-refractivity contribution in [2.24, 2.45) is 0 Å². The first-order valence-electron chi connectivity index (χ1n) is 4.87. The van der Waals surface area contributed by atoms with Gasteiger partial charge in [-0.15, -0.1) is 0 Å². The Bertz CT molecular complexity index is 340. The van der Waals surface area contributed by atoms with E-state index in [0.29, 0.717) is 6.04 Å². The molecule has 1 atom stereocenters. The third-order valence-electron chi connectivity index (χ3n) is 2.41. The Kier molecular flexibility index (Phi) is 2.63. The Morgan fingerprint density at radius 2 is 2.07 bits per heavy atom. The molecule has 0 aliphatic heterocycles. The van der Waals surface area contributed by atoms with Crippen molar-refractivity contribution >= 4 is 12.0 Å². The topological polar surface area (TPSA) is 29.1 Å². The molecule has 72 valence electrons. The van der Waals surface area contributed by atoms with Crippen molar-refractivity contribution in [3.8, 4) is 0 Å². The number of aldehydes is 1. The van der Waals surface area contributed by atoms with Crippen molar-refractivity contribution in [1.29, 1.82) is 0 Å². The van der Waals surface area contributed by atoms with Gasteiger partial charge in [-0.05, 0) is 37.1 Å². The molecule has 2 rings (SSSR count). The first-order chi connectivity index (χ1) is 6.88. The second-order valence-corrected chi connectivity index (χ2v) is 3.50. The van der Waals surface area contributed by atoms with Crippen LogP contribution in [0.5, 0.6) is 0 Å². The van der Waals surface area contributed by atoms with Gasteiger partial charge in [0.25, 0.3) is 0 Å². The maximum atomic E-state index is 10.4. The van der Waals surface area contributed by atoms with E-state index < -0.39 is 0 Å². The molecule has 0 fully saturated rings. The number of nitrogens with one attached hydrogen (secondary N) is 1. The average molecular weight is 187 g/mol. The molecule has 2 heteroatoms. The predicted molar refractivity (Wildman–Crippen MR) is 57.6 cm³/mol. The third kappa shape index (κ3) is 2.02. The van der Waals surface area contributed by atoms with Crippen molar-refractivity contribution in [3.05, 3.63) is 42.0 Å². The molecule has 0 heterocycles. The maximum Gasteiger partial charge on any atom is 0.150 e. The molecule has 1 aromatic rings. The van der Waals surface area contributed by atoms with Crippen LogP contribution in [0.3, 0.4) is 0 Å². The van der Waals surface area contributed by atoms with Crippen LogP contribution in [0, 0.1) is 0 Å². The minimum absolute atomic E-state index is 0.456. The fourth-order valence-corrected chi connectivity index (χ4v) is 1.62. The lowest BCUT2D eigenvalue weighted by atomic mass is 10.2. The Morgan fingerprint density at radius 1 is 1.29 bits per heavy atom. The molecule has 2 nitrogen and oxygen atoms in total. The van der Waals surface area contributed by atoms with Gasteiger partial charge in [0.15, 0.2) is 0 Å². The summed E-state index contributed by atoms with van der Waals surface area (Å²) in [5.74, 6) is 0. The molecule has 1 aliphatic carbocycles. The Morgan fingerprint density at radius 3 is 2.64 bits per heavy atom. The number of allylic oxidation sites excluding steroid dienone is 1. The molecular weight excluding hydrogens is 174 g/mol. The first-order valence-corrected chi connectivity index (χ1v) is 4.87. The quantitative estimate of drug-likeness (QED) is 0.582. The van der Waals surface area contributed by atoms with Crippen LogP contribution in [-0.4, -0.2) is 12.3 Å². The zero-order valence-corrected chi connectivity index (χ0v) is 7.94. The summed E-state index contributed by atoms with van der Waals surface area (Å²) in [5, 5.41) is 3.39. The highest BCUT2D eigenvalue weighted by molar-refractivity contribution is 5.75. The monoisotopic (exact) mass is 187 g/mol. The van der Waals surface area contributed by atoms with Crippen molar-refractivity contribution < 1.29 is 4.79 Å². The zero-order valence-electron chi connectivity index (χ0n) is 7.94. The third-order valence-corrected chi connectivity index (χ3v) is 2.41. The van der Waals surface area contributed by atoms with Crippen LogP contribution >= 0.6 is 0 Å². The molecule has 0 radical (unpaired) electrons. The van der Waals surface area contributed by atoms with Gasteiger partial charge in [-0.2, -0.15) is 0 Å². The number of carbonyl (C=O) groups excluding carboxylic acids is 1. The molecule has 1 N–H and O–H groups in total. The number of carbonyl (C=O) groups is 1. The number of hydrogen-bond donors (Lipinski definition) is 1. The highest BCUT2D eigenvalue weighted by Gasteiger charge is 2.07. The molecule has 14 heavy (non-hydrogen) atoms. The molecule has 0 spiro atoms. The molecular formula is C12H13NO. The van der Waals surface area contributed by atoms with Crippen LogP contribution in [0.25, 0.3) is 0 Å². The van der Waals surface area contributed by atoms with Crippen LogP contribution in [-0.2, 0) is 0 Å². The summed E-state index contributed by atoms with van der Waals surface area (Å²) in [6.07, 6.45) is 7.56. The number of benzene rings is 1. The van der Waals surface area contributed by atoms with E-state index in [-0.39, 0.29) is 0 Å². The molecule has 0 aromatic heterocycles. The first kappa shape index (κ1) is 9.00. The summed E-state index contributed by atoms with van der Waals surface area (Å²) in [6.45, 7) is 0. The lowest BCUT2D eigenvalue weighted by Crippen LogP contribution is -2.13. The fraction of sp³-hybridized carbons (Fsp3) is 0.250. The highest BCUT2D eigenvalue weighted by atomic mass is 16.1. The normalized spacial score (nSPS) is 19.6. The van der Waals surface area contributed by atoms with Crippen LogP contribution in [0.4, 0.5) is 5.69 Å². The van der Waals surface area contributed by atoms with Crippen molar-refractivity contribution in [1.82, 2.24) is 0 Å². The van der Waals surface area contributed by atoms with Crippen LogP contribution in [0.2, 0.25) is 0 Å². The van der Waals surface area contributed by atoms with E-state index in [9.17, 15) is 4.79 Å². The van der Waals surface area contributed by atoms with E-state index in [4.69, 9.17) is 0 Å². The standard InChI is InChI=1S/C12H13NO/c14-9-10-5-7-12(8-6-10)13-11-3-1-2-4-11/h1,3,5-9,11,13H,2,4H2. The molecule has 1 unspecified atom stereocenters. The van der Waals surface area contributed by atoms with E-state index >= 15 is 0 Å². The van der Waals surface area contributed by atoms with E-state index in [1.807, 2.05) is 24.3 Å². The Labute approximate surface area is 83.6 Å². The lowest BCUT2D eigenvalue weighted by Gasteiger charge is -2.11. The van der Waals surface area contributed by atoms with Gasteiger partial charge in [-0.3, -0.25) is 4.79 Å². The highest BCUT2D eigenvalue weighted by Crippen LogP contribution is 2.16. The van der Waals surface area contributed by atoms with Gasteiger partial charge in [0.2, 0.25) is 0 Å². The van der Waals surface area contributed by atoms with E-state index in [1.165, 1.54) is 0 Å². The van der Waals surface area contributed by atoms with Crippen LogP contribution < -0.4 is 5.32 Å². The van der Waals surface area contributed by atoms with E-state index in [2.05, 4.69) is 17.5 Å². The largest absolute Gasteiger partial charge is 0.379 e. The second kappa shape index (κ2) is 4.09. The van der Waals surface area contributed by atoms with E-state index in [1.54, 1.807) is 0 Å². The molecule has 0 saturated carbocycles. The van der Waals surface area contributed by atoms with Gasteiger partial charge < -0.3 is 5.32 Å². The van der Waals surface area contributed by atoms with Gasteiger partial charge >= 0.3 is 0 Å². The fourth-order valence-electron chi connectivity index (χ4n) is 1.62. The number of anilines is 1. The molecule has 1 aliphatic rings. The molecule has 1 aromatic carbocycles. The van der Waals surface area contributed by atoms with Crippen LogP contribution in [0.15, 0.2) is 36.4 Å². The minimum Gasteiger partial charge on any atom is -0.379 e.